The molecule has 0 atom stereocenters. The van der Waals surface area contributed by atoms with Crippen molar-refractivity contribution in [3.05, 3.63) is 53.6 Å². The van der Waals surface area contributed by atoms with Crippen molar-refractivity contribution in [3.63, 3.8) is 0 Å². The third-order valence-corrected chi connectivity index (χ3v) is 6.37. The quantitative estimate of drug-likeness (QED) is 0.552. The summed E-state index contributed by atoms with van der Waals surface area (Å²) in [6, 6.07) is 8.09. The molecule has 1 aromatic carbocycles. The van der Waals surface area contributed by atoms with Gasteiger partial charge in [-0.1, -0.05) is 20.8 Å². The molecule has 4 rings (SSSR count). The van der Waals surface area contributed by atoms with Crippen molar-refractivity contribution in [3.8, 4) is 11.3 Å². The van der Waals surface area contributed by atoms with Crippen LogP contribution in [0.2, 0.25) is 0 Å². The zero-order chi connectivity index (χ0) is 25.2. The van der Waals surface area contributed by atoms with E-state index in [4.69, 9.17) is 0 Å². The Morgan fingerprint density at radius 2 is 1.68 bits per heavy atom. The van der Waals surface area contributed by atoms with E-state index >= 15 is 0 Å². The Kier molecular flexibility index (Phi) is 5.34. The van der Waals surface area contributed by atoms with Gasteiger partial charge in [0.05, 0.1) is 18.6 Å². The predicted molar refractivity (Wildman–Crippen MR) is 129 cm³/mol. The lowest BCUT2D eigenvalue weighted by atomic mass is 9.87. The van der Waals surface area contributed by atoms with Gasteiger partial charge in [-0.25, -0.2) is 13.9 Å². The highest BCUT2D eigenvalue weighted by molar-refractivity contribution is 6.00. The highest BCUT2D eigenvalue weighted by Crippen LogP contribution is 2.33. The Morgan fingerprint density at radius 1 is 1.06 bits per heavy atom. The summed E-state index contributed by atoms with van der Waals surface area (Å²) in [7, 11) is 0. The van der Waals surface area contributed by atoms with Crippen LogP contribution in [0.5, 0.6) is 0 Å². The number of benzene rings is 1. The smallest absolute Gasteiger partial charge is 0.276 e. The first-order valence-corrected chi connectivity index (χ1v) is 11.4. The maximum Gasteiger partial charge on any atom is 0.276 e. The molecule has 1 aliphatic heterocycles. The van der Waals surface area contributed by atoms with Crippen molar-refractivity contribution < 1.29 is 14.0 Å². The molecular weight excluding hydrogens is 433 g/mol. The maximum atomic E-state index is 13.6. The van der Waals surface area contributed by atoms with Crippen molar-refractivity contribution in [2.45, 2.75) is 71.9 Å². The number of imidazole rings is 1. The maximum absolute atomic E-state index is 13.6. The van der Waals surface area contributed by atoms with Gasteiger partial charge in [0, 0.05) is 16.7 Å². The van der Waals surface area contributed by atoms with Crippen LogP contribution in [0.4, 0.5) is 4.39 Å². The number of fused-ring (bicyclic) bond motifs is 1. The molecule has 1 saturated heterocycles. The Morgan fingerprint density at radius 3 is 2.21 bits per heavy atom. The summed E-state index contributed by atoms with van der Waals surface area (Å²) in [5.74, 6) is -0.730. The Balaban J connectivity index is 1.81. The molecule has 3 heterocycles. The van der Waals surface area contributed by atoms with Crippen molar-refractivity contribution >= 4 is 17.5 Å². The molecule has 0 aliphatic carbocycles. The van der Waals surface area contributed by atoms with Crippen LogP contribution in [0.15, 0.2) is 36.5 Å². The Labute approximate surface area is 199 Å². The molecule has 0 spiro atoms. The monoisotopic (exact) mass is 465 g/mol. The molecular formula is C26H32FN5O2. The van der Waals surface area contributed by atoms with E-state index in [1.165, 1.54) is 12.1 Å². The molecule has 2 aromatic heterocycles. The van der Waals surface area contributed by atoms with Crippen LogP contribution < -0.4 is 0 Å². The van der Waals surface area contributed by atoms with E-state index < -0.39 is 11.1 Å². The number of halogens is 1. The average Bonchev–Trinajstić information content (AvgIpc) is 3.25. The topological polar surface area (TPSA) is 70.8 Å². The van der Waals surface area contributed by atoms with Gasteiger partial charge in [-0.3, -0.25) is 9.59 Å². The molecule has 34 heavy (non-hydrogen) atoms. The fourth-order valence-corrected chi connectivity index (χ4v) is 4.20. The molecule has 7 nitrogen and oxygen atoms in total. The van der Waals surface area contributed by atoms with Gasteiger partial charge < -0.3 is 9.80 Å². The zero-order valence-corrected chi connectivity index (χ0v) is 21.1. The number of carbonyl (C=O) groups excluding carboxylic acids is 2. The lowest BCUT2D eigenvalue weighted by Gasteiger charge is -2.31. The Hall–Kier alpha value is -3.29. The van der Waals surface area contributed by atoms with E-state index in [0.717, 1.165) is 11.1 Å². The first-order chi connectivity index (χ1) is 15.6. The van der Waals surface area contributed by atoms with Crippen LogP contribution in [0.25, 0.3) is 16.9 Å². The zero-order valence-electron chi connectivity index (χ0n) is 21.1. The van der Waals surface area contributed by atoms with E-state index in [-0.39, 0.29) is 35.4 Å². The number of nitrogens with zero attached hydrogens (tertiary/aromatic N) is 5. The van der Waals surface area contributed by atoms with Gasteiger partial charge in [0.15, 0.2) is 5.65 Å². The first-order valence-electron chi connectivity index (χ1n) is 11.4. The average molecular weight is 466 g/mol. The standard InChI is InChI=1S/C26H32FN5O2/c1-24(2,3)18-13-19(16-9-11-17(27)12-10-16)29-32-14-20(28-21(18)32)22(33)30-15-31(25(4,5)6)23(34)26(30,7)8/h9-14H,15H2,1-8H3. The number of carbonyl (C=O) groups is 2. The summed E-state index contributed by atoms with van der Waals surface area (Å²) in [6.07, 6.45) is 1.61. The number of aromatic nitrogens is 3. The number of hydrogen-bond donors (Lipinski definition) is 0. The fraction of sp³-hybridized carbons (Fsp3) is 0.462. The van der Waals surface area contributed by atoms with Gasteiger partial charge >= 0.3 is 0 Å². The van der Waals surface area contributed by atoms with Crippen LogP contribution in [0.3, 0.4) is 0 Å². The highest BCUT2D eigenvalue weighted by Gasteiger charge is 2.51. The van der Waals surface area contributed by atoms with Crippen LogP contribution >= 0.6 is 0 Å². The first kappa shape index (κ1) is 23.9. The molecule has 180 valence electrons. The minimum absolute atomic E-state index is 0.0933. The Bertz CT molecular complexity index is 1280. The van der Waals surface area contributed by atoms with Gasteiger partial charge in [0.25, 0.3) is 5.91 Å². The molecule has 2 amide bonds. The molecule has 0 saturated carbocycles. The van der Waals surface area contributed by atoms with Gasteiger partial charge in [0.1, 0.15) is 17.1 Å². The summed E-state index contributed by atoms with van der Waals surface area (Å²) in [5.41, 5.74) is 1.47. The number of amides is 2. The fourth-order valence-electron chi connectivity index (χ4n) is 4.20. The van der Waals surface area contributed by atoms with E-state index in [1.54, 1.807) is 46.5 Å². The van der Waals surface area contributed by atoms with Gasteiger partial charge in [-0.15, -0.1) is 0 Å². The normalized spacial score (nSPS) is 16.6. The van der Waals surface area contributed by atoms with Gasteiger partial charge in [-0.2, -0.15) is 5.10 Å². The third-order valence-electron chi connectivity index (χ3n) is 6.37. The van der Waals surface area contributed by atoms with Crippen LogP contribution in [0, 0.1) is 5.82 Å². The minimum atomic E-state index is -0.986. The predicted octanol–water partition coefficient (Wildman–Crippen LogP) is 4.65. The highest BCUT2D eigenvalue weighted by atomic mass is 19.1. The molecule has 0 N–H and O–H groups in total. The number of hydrogen-bond acceptors (Lipinski definition) is 4. The molecule has 0 unspecified atom stereocenters. The van der Waals surface area contributed by atoms with Crippen molar-refractivity contribution in [1.29, 1.82) is 0 Å². The molecule has 0 radical (unpaired) electrons. The van der Waals surface area contributed by atoms with Crippen LogP contribution in [-0.4, -0.2) is 54.0 Å². The van der Waals surface area contributed by atoms with E-state index in [1.807, 2.05) is 26.8 Å². The lowest BCUT2D eigenvalue weighted by Crippen LogP contribution is -2.47. The summed E-state index contributed by atoms with van der Waals surface area (Å²) in [5, 5.41) is 4.67. The SMILES string of the molecule is CC(C)(C)c1cc(-c2ccc(F)cc2)nn2cc(C(=O)N3CN(C(C)(C)C)C(=O)C3(C)C)nc12. The van der Waals surface area contributed by atoms with Crippen molar-refractivity contribution in [1.82, 2.24) is 24.4 Å². The molecule has 3 aromatic rings. The third kappa shape index (κ3) is 3.95. The molecule has 8 heteroatoms. The molecule has 0 bridgehead atoms. The van der Waals surface area contributed by atoms with E-state index in [9.17, 15) is 14.0 Å². The van der Waals surface area contributed by atoms with Crippen LogP contribution in [0.1, 0.15) is 71.4 Å². The van der Waals surface area contributed by atoms with Crippen LogP contribution in [-0.2, 0) is 10.2 Å². The van der Waals surface area contributed by atoms with Gasteiger partial charge in [0.2, 0.25) is 5.91 Å². The van der Waals surface area contributed by atoms with Gasteiger partial charge in [-0.05, 0) is 70.4 Å². The summed E-state index contributed by atoms with van der Waals surface area (Å²) in [4.78, 5) is 34.6. The lowest BCUT2D eigenvalue weighted by molar-refractivity contribution is -0.135. The van der Waals surface area contributed by atoms with Crippen molar-refractivity contribution in [2.75, 3.05) is 6.67 Å². The summed E-state index contributed by atoms with van der Waals surface area (Å²) >= 11 is 0. The second kappa shape index (κ2) is 7.61. The summed E-state index contributed by atoms with van der Waals surface area (Å²) in [6.45, 7) is 15.8. The second-order valence-corrected chi connectivity index (χ2v) is 11.4. The number of rotatable bonds is 2. The van der Waals surface area contributed by atoms with E-state index in [0.29, 0.717) is 11.3 Å². The second-order valence-electron chi connectivity index (χ2n) is 11.4. The molecule has 1 aliphatic rings. The van der Waals surface area contributed by atoms with Crippen molar-refractivity contribution in [2.24, 2.45) is 0 Å². The largest absolute Gasteiger partial charge is 0.318 e. The summed E-state index contributed by atoms with van der Waals surface area (Å²) < 4.78 is 15.1. The molecule has 1 fully saturated rings. The van der Waals surface area contributed by atoms with E-state index in [2.05, 4.69) is 30.9 Å². The minimum Gasteiger partial charge on any atom is -0.318 e.